The summed E-state index contributed by atoms with van der Waals surface area (Å²) in [7, 11) is -4.61. The molecule has 3 N–H and O–H groups in total. The molecule has 0 spiro atoms. The summed E-state index contributed by atoms with van der Waals surface area (Å²) in [5.41, 5.74) is 0. The molecule has 0 aliphatic carbocycles. The highest BCUT2D eigenvalue weighted by Gasteiger charge is 2.27. The zero-order chi connectivity index (χ0) is 32.7. The van der Waals surface area contributed by atoms with Crippen LogP contribution in [0, 0.1) is 0 Å². The molecule has 0 saturated carbocycles. The zero-order valence-electron chi connectivity index (χ0n) is 27.4. The van der Waals surface area contributed by atoms with E-state index in [1.807, 2.05) is 0 Å². The molecule has 0 aliphatic heterocycles. The van der Waals surface area contributed by atoms with Crippen molar-refractivity contribution in [2.75, 3.05) is 26.4 Å². The first-order valence-corrected chi connectivity index (χ1v) is 18.3. The molecule has 0 radical (unpaired) electrons. The van der Waals surface area contributed by atoms with E-state index in [-0.39, 0.29) is 12.8 Å². The third-order valence-electron chi connectivity index (χ3n) is 6.92. The third-order valence-corrected chi connectivity index (χ3v) is 7.87. The van der Waals surface area contributed by atoms with Gasteiger partial charge in [0, 0.05) is 12.8 Å². The SMILES string of the molecule is CCCCC/C=C\C/C=C\CCCCCCCCCC(=O)OC(CO)COP(=O)(O)OCC(CO)OC(=O)CCCCCC. The van der Waals surface area contributed by atoms with E-state index in [1.165, 1.54) is 44.9 Å². The molecule has 0 amide bonds. The summed E-state index contributed by atoms with van der Waals surface area (Å²) >= 11 is 0. The van der Waals surface area contributed by atoms with E-state index in [4.69, 9.17) is 18.5 Å². The van der Waals surface area contributed by atoms with E-state index in [0.717, 1.165) is 51.4 Å². The topological polar surface area (TPSA) is 149 Å². The van der Waals surface area contributed by atoms with E-state index >= 15 is 0 Å². The molecule has 44 heavy (non-hydrogen) atoms. The second-order valence-corrected chi connectivity index (χ2v) is 12.6. The number of aliphatic hydroxyl groups excluding tert-OH is 2. The highest BCUT2D eigenvalue weighted by atomic mass is 31.2. The Morgan fingerprint density at radius 2 is 1.00 bits per heavy atom. The van der Waals surface area contributed by atoms with E-state index in [2.05, 4.69) is 38.2 Å². The van der Waals surface area contributed by atoms with E-state index in [0.29, 0.717) is 12.8 Å². The van der Waals surface area contributed by atoms with Gasteiger partial charge in [-0.2, -0.15) is 0 Å². The maximum absolute atomic E-state index is 12.2. The largest absolute Gasteiger partial charge is 0.472 e. The van der Waals surface area contributed by atoms with Gasteiger partial charge in [-0.15, -0.1) is 0 Å². The van der Waals surface area contributed by atoms with Gasteiger partial charge in [-0.05, 0) is 44.9 Å². The summed E-state index contributed by atoms with van der Waals surface area (Å²) in [5, 5.41) is 18.9. The lowest BCUT2D eigenvalue weighted by Crippen LogP contribution is -2.28. The van der Waals surface area contributed by atoms with Crippen LogP contribution in [0.2, 0.25) is 0 Å². The molecule has 0 rings (SSSR count). The fourth-order valence-electron chi connectivity index (χ4n) is 4.26. The number of phosphoric ester groups is 1. The average molecular weight is 649 g/mol. The molecule has 0 fully saturated rings. The minimum absolute atomic E-state index is 0.184. The van der Waals surface area contributed by atoms with Gasteiger partial charge in [0.25, 0.3) is 0 Å². The van der Waals surface area contributed by atoms with Crippen LogP contribution < -0.4 is 0 Å². The van der Waals surface area contributed by atoms with Crippen LogP contribution in [0.1, 0.15) is 136 Å². The number of phosphoric acid groups is 1. The third kappa shape index (κ3) is 28.0. The maximum Gasteiger partial charge on any atom is 0.472 e. The van der Waals surface area contributed by atoms with Crippen molar-refractivity contribution in [2.45, 2.75) is 148 Å². The Labute approximate surface area is 266 Å². The molecule has 3 unspecified atom stereocenters. The fraction of sp³-hybridized carbons (Fsp3) is 0.818. The Kier molecular flexibility index (Phi) is 29.1. The number of rotatable bonds is 31. The normalized spacial score (nSPS) is 14.6. The lowest BCUT2D eigenvalue weighted by molar-refractivity contribution is -0.153. The molecule has 0 aromatic heterocycles. The van der Waals surface area contributed by atoms with Crippen molar-refractivity contribution >= 4 is 19.8 Å². The molecule has 0 aromatic carbocycles. The number of carbonyl (C=O) groups excluding carboxylic acids is 2. The molecule has 0 heterocycles. The molecule has 258 valence electrons. The van der Waals surface area contributed by atoms with Crippen molar-refractivity contribution in [1.29, 1.82) is 0 Å². The van der Waals surface area contributed by atoms with Crippen LogP contribution in [0.4, 0.5) is 0 Å². The monoisotopic (exact) mass is 648 g/mol. The van der Waals surface area contributed by atoms with Gasteiger partial charge in [0.2, 0.25) is 0 Å². The zero-order valence-corrected chi connectivity index (χ0v) is 28.3. The first-order chi connectivity index (χ1) is 21.3. The van der Waals surface area contributed by atoms with Crippen molar-refractivity contribution < 1.29 is 47.8 Å². The van der Waals surface area contributed by atoms with E-state index < -0.39 is 58.4 Å². The Bertz CT molecular complexity index is 801. The van der Waals surface area contributed by atoms with Gasteiger partial charge in [-0.3, -0.25) is 18.6 Å². The minimum Gasteiger partial charge on any atom is -0.457 e. The molecule has 10 nitrogen and oxygen atoms in total. The van der Waals surface area contributed by atoms with Crippen LogP contribution in [0.3, 0.4) is 0 Å². The number of ether oxygens (including phenoxy) is 2. The first kappa shape index (κ1) is 42.5. The van der Waals surface area contributed by atoms with Gasteiger partial charge in [0.15, 0.2) is 0 Å². The Morgan fingerprint density at radius 1 is 0.614 bits per heavy atom. The highest BCUT2D eigenvalue weighted by Crippen LogP contribution is 2.43. The van der Waals surface area contributed by atoms with Crippen LogP contribution in [-0.2, 0) is 32.7 Å². The van der Waals surface area contributed by atoms with Crippen LogP contribution in [-0.4, -0.2) is 65.7 Å². The lowest BCUT2D eigenvalue weighted by atomic mass is 10.1. The molecule has 3 atom stereocenters. The minimum atomic E-state index is -4.61. The van der Waals surface area contributed by atoms with Crippen molar-refractivity contribution in [2.24, 2.45) is 0 Å². The van der Waals surface area contributed by atoms with Crippen LogP contribution in [0.25, 0.3) is 0 Å². The van der Waals surface area contributed by atoms with E-state index in [9.17, 15) is 29.3 Å². The molecular formula is C33H61O10P. The van der Waals surface area contributed by atoms with Gasteiger partial charge >= 0.3 is 19.8 Å². The summed E-state index contributed by atoms with van der Waals surface area (Å²) in [6.45, 7) is 1.99. The van der Waals surface area contributed by atoms with Crippen LogP contribution in [0.15, 0.2) is 24.3 Å². The van der Waals surface area contributed by atoms with Gasteiger partial charge in [-0.25, -0.2) is 4.57 Å². The smallest absolute Gasteiger partial charge is 0.457 e. The molecule has 0 saturated heterocycles. The Hall–Kier alpha value is -1.55. The van der Waals surface area contributed by atoms with Gasteiger partial charge in [0.1, 0.15) is 12.2 Å². The lowest BCUT2D eigenvalue weighted by Gasteiger charge is -2.20. The second-order valence-electron chi connectivity index (χ2n) is 11.1. The average Bonchev–Trinajstić information content (AvgIpc) is 3.01. The number of allylic oxidation sites excluding steroid dienone is 4. The first-order valence-electron chi connectivity index (χ1n) is 16.8. The molecule has 11 heteroatoms. The van der Waals surface area contributed by atoms with Crippen molar-refractivity contribution in [3.8, 4) is 0 Å². The molecule has 0 aromatic rings. The number of aliphatic hydroxyl groups is 2. The number of hydrogen-bond acceptors (Lipinski definition) is 9. The summed E-state index contributed by atoms with van der Waals surface area (Å²) in [6, 6.07) is 0. The van der Waals surface area contributed by atoms with Crippen LogP contribution >= 0.6 is 7.82 Å². The Balaban J connectivity index is 3.95. The summed E-state index contributed by atoms with van der Waals surface area (Å²) in [6.07, 6.45) is 25.2. The summed E-state index contributed by atoms with van der Waals surface area (Å²) in [4.78, 5) is 33.9. The molecular weight excluding hydrogens is 587 g/mol. The van der Waals surface area contributed by atoms with Crippen molar-refractivity contribution in [3.63, 3.8) is 0 Å². The number of carbonyl (C=O) groups is 2. The number of hydrogen-bond donors (Lipinski definition) is 3. The fourth-order valence-corrected chi connectivity index (χ4v) is 5.04. The van der Waals surface area contributed by atoms with Gasteiger partial charge in [-0.1, -0.05) is 102 Å². The maximum atomic E-state index is 12.2. The predicted octanol–water partition coefficient (Wildman–Crippen LogP) is 7.49. The summed E-state index contributed by atoms with van der Waals surface area (Å²) in [5.74, 6) is -1.05. The van der Waals surface area contributed by atoms with Crippen molar-refractivity contribution in [1.82, 2.24) is 0 Å². The van der Waals surface area contributed by atoms with Crippen molar-refractivity contribution in [3.05, 3.63) is 24.3 Å². The van der Waals surface area contributed by atoms with Gasteiger partial charge in [0.05, 0.1) is 26.4 Å². The number of esters is 2. The van der Waals surface area contributed by atoms with Crippen LogP contribution in [0.5, 0.6) is 0 Å². The van der Waals surface area contributed by atoms with E-state index in [1.54, 1.807) is 0 Å². The molecule has 0 bridgehead atoms. The number of unbranched alkanes of at least 4 members (excludes halogenated alkanes) is 13. The molecule has 0 aliphatic rings. The van der Waals surface area contributed by atoms with Gasteiger partial charge < -0.3 is 24.6 Å². The Morgan fingerprint density at radius 3 is 1.45 bits per heavy atom. The standard InChI is InChI=1S/C33H61O10P/c1-3-5-7-9-10-11-12-13-14-15-16-17-18-19-20-21-23-25-33(37)43-31(27-35)29-41-44(38,39)40-28-30(26-34)42-32(36)24-22-8-6-4-2/h10-11,13-14,30-31,34-35H,3-9,12,15-29H2,1-2H3,(H,38,39)/b11-10-,14-13-. The summed E-state index contributed by atoms with van der Waals surface area (Å²) < 4.78 is 32.1. The quantitative estimate of drug-likeness (QED) is 0.0299. The predicted molar refractivity (Wildman–Crippen MR) is 173 cm³/mol. The second kappa shape index (κ2) is 30.1. The highest BCUT2D eigenvalue weighted by molar-refractivity contribution is 7.47.